The highest BCUT2D eigenvalue weighted by atomic mass is 16.4. The van der Waals surface area contributed by atoms with Crippen molar-refractivity contribution < 1.29 is 39.3 Å². The molecular weight excluding hydrogens is 438 g/mol. The molecule has 13 nitrogen and oxygen atoms in total. The fourth-order valence-corrected chi connectivity index (χ4v) is 2.69. The number of primary amides is 1. The smallest absolute Gasteiger partial charge is 0.325 e. The Morgan fingerprint density at radius 1 is 0.939 bits per heavy atom. The number of carboxylic acids is 1. The molecule has 0 aromatic heterocycles. The summed E-state index contributed by atoms with van der Waals surface area (Å²) in [6.45, 7) is 2.37. The second kappa shape index (κ2) is 12.4. The summed E-state index contributed by atoms with van der Waals surface area (Å²) in [6, 6.07) is 0.440. The van der Waals surface area contributed by atoms with Gasteiger partial charge in [0.2, 0.25) is 23.6 Å². The number of phenols is 1. The maximum absolute atomic E-state index is 12.7. The summed E-state index contributed by atoms with van der Waals surface area (Å²) in [7, 11) is 0. The highest BCUT2D eigenvalue weighted by Gasteiger charge is 2.32. The lowest BCUT2D eigenvalue weighted by atomic mass is 10.0. The van der Waals surface area contributed by atoms with Crippen molar-refractivity contribution in [3.63, 3.8) is 0 Å². The number of nitrogens with two attached hydrogens (primary N) is 2. The zero-order valence-electron chi connectivity index (χ0n) is 18.1. The van der Waals surface area contributed by atoms with Crippen molar-refractivity contribution in [2.24, 2.45) is 11.5 Å². The van der Waals surface area contributed by atoms with Crippen molar-refractivity contribution in [2.75, 3.05) is 0 Å². The molecule has 0 aliphatic rings. The molecule has 0 heterocycles. The Morgan fingerprint density at radius 3 is 2.00 bits per heavy atom. The average Bonchev–Trinajstić information content (AvgIpc) is 2.71. The monoisotopic (exact) mass is 467 g/mol. The van der Waals surface area contributed by atoms with Gasteiger partial charge in [-0.15, -0.1) is 0 Å². The number of nitrogens with one attached hydrogen (secondary N) is 3. The average molecular weight is 467 g/mol. The Balaban J connectivity index is 2.89. The van der Waals surface area contributed by atoms with Crippen LogP contribution in [0.4, 0.5) is 0 Å². The summed E-state index contributed by atoms with van der Waals surface area (Å²) in [5.74, 6) is -5.02. The van der Waals surface area contributed by atoms with Gasteiger partial charge in [0.15, 0.2) is 0 Å². The van der Waals surface area contributed by atoms with Gasteiger partial charge in [-0.05, 0) is 38.0 Å². The van der Waals surface area contributed by atoms with Gasteiger partial charge in [0, 0.05) is 0 Å². The van der Waals surface area contributed by atoms with Crippen molar-refractivity contribution in [2.45, 2.75) is 57.0 Å². The molecule has 10 N–H and O–H groups in total. The predicted molar refractivity (Wildman–Crippen MR) is 114 cm³/mol. The summed E-state index contributed by atoms with van der Waals surface area (Å²) in [5.41, 5.74) is 11.6. The number of phenolic OH excluding ortho intramolecular Hbond substituents is 1. The quantitative estimate of drug-likeness (QED) is 0.157. The molecule has 4 amide bonds. The van der Waals surface area contributed by atoms with Crippen LogP contribution in [0.5, 0.6) is 5.75 Å². The molecule has 182 valence electrons. The van der Waals surface area contributed by atoms with E-state index in [-0.39, 0.29) is 12.2 Å². The van der Waals surface area contributed by atoms with Crippen LogP contribution in [-0.4, -0.2) is 75.2 Å². The van der Waals surface area contributed by atoms with Gasteiger partial charge in [0.1, 0.15) is 23.9 Å². The summed E-state index contributed by atoms with van der Waals surface area (Å²) in [6.07, 6.45) is -2.00. The molecule has 0 saturated carbocycles. The van der Waals surface area contributed by atoms with E-state index in [2.05, 4.69) is 16.0 Å². The Morgan fingerprint density at radius 2 is 1.52 bits per heavy atom. The second-order valence-electron chi connectivity index (χ2n) is 7.50. The first-order chi connectivity index (χ1) is 15.3. The molecule has 0 radical (unpaired) electrons. The Labute approximate surface area is 189 Å². The predicted octanol–water partition coefficient (Wildman–Crippen LogP) is -2.92. The molecule has 5 atom stereocenters. The number of aliphatic hydroxyl groups is 1. The Bertz CT molecular complexity index is 874. The summed E-state index contributed by atoms with van der Waals surface area (Å²) in [4.78, 5) is 59.7. The van der Waals surface area contributed by atoms with E-state index in [1.807, 2.05) is 0 Å². The number of carboxylic acid groups (broad SMARTS) is 1. The van der Waals surface area contributed by atoms with Crippen LogP contribution in [0.15, 0.2) is 24.3 Å². The van der Waals surface area contributed by atoms with E-state index in [0.29, 0.717) is 5.56 Å². The number of benzene rings is 1. The van der Waals surface area contributed by atoms with Gasteiger partial charge in [-0.1, -0.05) is 12.1 Å². The van der Waals surface area contributed by atoms with Gasteiger partial charge in [-0.3, -0.25) is 24.0 Å². The normalized spacial score (nSPS) is 15.3. The first-order valence-electron chi connectivity index (χ1n) is 9.95. The molecule has 0 aliphatic carbocycles. The van der Waals surface area contributed by atoms with Gasteiger partial charge in [0.25, 0.3) is 0 Å². The Kier molecular flexibility index (Phi) is 10.2. The van der Waals surface area contributed by atoms with Crippen molar-refractivity contribution in [1.82, 2.24) is 16.0 Å². The fraction of sp³-hybridized carbons (Fsp3) is 0.450. The van der Waals surface area contributed by atoms with Gasteiger partial charge < -0.3 is 42.7 Å². The van der Waals surface area contributed by atoms with Crippen LogP contribution >= 0.6 is 0 Å². The molecule has 0 fully saturated rings. The van der Waals surface area contributed by atoms with Crippen LogP contribution in [-0.2, 0) is 30.4 Å². The summed E-state index contributed by atoms with van der Waals surface area (Å²) < 4.78 is 0. The van der Waals surface area contributed by atoms with E-state index in [1.54, 1.807) is 12.1 Å². The second-order valence-corrected chi connectivity index (χ2v) is 7.50. The van der Waals surface area contributed by atoms with Crippen LogP contribution in [0, 0.1) is 0 Å². The van der Waals surface area contributed by atoms with Crippen LogP contribution in [0.3, 0.4) is 0 Å². The van der Waals surface area contributed by atoms with Crippen LogP contribution in [0.25, 0.3) is 0 Å². The molecule has 33 heavy (non-hydrogen) atoms. The first kappa shape index (κ1) is 27.3. The molecule has 1 aromatic carbocycles. The third-order valence-electron chi connectivity index (χ3n) is 4.56. The lowest BCUT2D eigenvalue weighted by Gasteiger charge is -2.25. The highest BCUT2D eigenvalue weighted by molar-refractivity contribution is 5.96. The van der Waals surface area contributed by atoms with E-state index >= 15 is 0 Å². The number of aliphatic carboxylic acids is 1. The molecule has 0 aliphatic heterocycles. The maximum atomic E-state index is 12.7. The third-order valence-corrected chi connectivity index (χ3v) is 4.56. The number of carbonyl (C=O) groups excluding carboxylic acids is 4. The molecule has 1 aromatic rings. The number of hydrogen-bond acceptors (Lipinski definition) is 8. The van der Waals surface area contributed by atoms with Crippen molar-refractivity contribution in [1.29, 1.82) is 0 Å². The van der Waals surface area contributed by atoms with E-state index in [1.165, 1.54) is 26.0 Å². The lowest BCUT2D eigenvalue weighted by Crippen LogP contribution is -2.60. The molecule has 5 unspecified atom stereocenters. The summed E-state index contributed by atoms with van der Waals surface area (Å²) in [5, 5.41) is 34.7. The highest BCUT2D eigenvalue weighted by Crippen LogP contribution is 2.11. The number of carbonyl (C=O) groups is 5. The molecule has 13 heteroatoms. The molecule has 0 bridgehead atoms. The minimum atomic E-state index is -1.57. The topological polar surface area (TPSA) is 234 Å². The molecule has 1 rings (SSSR count). The first-order valence-corrected chi connectivity index (χ1v) is 9.95. The molecule has 0 saturated heterocycles. The summed E-state index contributed by atoms with van der Waals surface area (Å²) >= 11 is 0. The number of rotatable bonds is 12. The van der Waals surface area contributed by atoms with Crippen LogP contribution in [0.2, 0.25) is 0 Å². The van der Waals surface area contributed by atoms with E-state index < -0.39 is 66.3 Å². The maximum Gasteiger partial charge on any atom is 0.325 e. The van der Waals surface area contributed by atoms with Gasteiger partial charge in [0.05, 0.1) is 18.6 Å². The van der Waals surface area contributed by atoms with Crippen molar-refractivity contribution >= 4 is 29.6 Å². The number of aliphatic hydroxyl groups excluding tert-OH is 1. The van der Waals surface area contributed by atoms with Gasteiger partial charge >= 0.3 is 5.97 Å². The largest absolute Gasteiger partial charge is 0.508 e. The zero-order valence-corrected chi connectivity index (χ0v) is 18.1. The van der Waals surface area contributed by atoms with Gasteiger partial charge in [-0.2, -0.15) is 0 Å². The number of aromatic hydroxyl groups is 1. The third kappa shape index (κ3) is 9.13. The number of amides is 4. The molecular formula is C20H29N5O8. The zero-order chi connectivity index (χ0) is 25.3. The van der Waals surface area contributed by atoms with Crippen LogP contribution < -0.4 is 27.4 Å². The van der Waals surface area contributed by atoms with Gasteiger partial charge in [-0.25, -0.2) is 0 Å². The SMILES string of the molecule is CC(NC(=O)C(NC(=O)C(CC(N)=O)NC(=O)C(N)Cc1ccc(O)cc1)C(C)O)C(=O)O. The molecule has 0 spiro atoms. The van der Waals surface area contributed by atoms with E-state index in [9.17, 15) is 34.2 Å². The van der Waals surface area contributed by atoms with Crippen LogP contribution in [0.1, 0.15) is 25.8 Å². The fourth-order valence-electron chi connectivity index (χ4n) is 2.69. The Hall–Kier alpha value is -3.71. The van der Waals surface area contributed by atoms with E-state index in [4.69, 9.17) is 16.6 Å². The lowest BCUT2D eigenvalue weighted by molar-refractivity contribution is -0.142. The van der Waals surface area contributed by atoms with E-state index in [0.717, 1.165) is 0 Å². The van der Waals surface area contributed by atoms with Crippen molar-refractivity contribution in [3.05, 3.63) is 29.8 Å². The standard InChI is InChI=1S/C20H29N5O8/c1-9(20(32)33)23-19(31)16(10(2)26)25-18(30)14(8-15(22)28)24-17(29)13(21)7-11-3-5-12(27)6-4-11/h3-6,9-10,13-14,16,26-27H,7-8,21H2,1-2H3,(H2,22,28)(H,23,31)(H,24,29)(H,25,30)(H,32,33). The minimum Gasteiger partial charge on any atom is -0.508 e. The van der Waals surface area contributed by atoms with Crippen molar-refractivity contribution in [3.8, 4) is 5.75 Å². The minimum absolute atomic E-state index is 0.0319. The number of hydrogen-bond donors (Lipinski definition) is 8.